The molecule has 3 aliphatic rings. The van der Waals surface area contributed by atoms with Crippen LogP contribution >= 0.6 is 34.3 Å². The van der Waals surface area contributed by atoms with Gasteiger partial charge in [-0.2, -0.15) is 11.8 Å². The number of nitrogen functional groups attached to an aromatic ring is 1. The molecule has 21 nitrogen and oxygen atoms in total. The van der Waals surface area contributed by atoms with Crippen LogP contribution in [0, 0.1) is 11.8 Å². The topological polar surface area (TPSA) is 327 Å². The Morgan fingerprint density at radius 2 is 1.77 bits per heavy atom. The highest BCUT2D eigenvalue weighted by Gasteiger charge is 2.43. The van der Waals surface area contributed by atoms with E-state index >= 15 is 0 Å². The largest absolute Gasteiger partial charge is 0.390 e. The summed E-state index contributed by atoms with van der Waals surface area (Å²) < 4.78 is 47.9. The average molecular weight is 879 g/mol. The quantitative estimate of drug-likeness (QED) is 0.0385. The molecular formula is C32H49N8O13P3S. The SMILES string of the molecule is Nc1ncnc2c1c(C#CCNC(=O)CCCCCNC(=O)CCCC[C@@H]1SC[C@@H]3NC(=O)N[C@@H]31)cn2[C@H]1C[C@H](O)[C@@H](COP(=O)(O)CP(=O)(O)CP(=O)(O)O)O1. The van der Waals surface area contributed by atoms with Gasteiger partial charge < -0.3 is 65.5 Å². The second-order valence-electron chi connectivity index (χ2n) is 14.2. The smallest absolute Gasteiger partial charge is 0.337 e. The van der Waals surface area contributed by atoms with Crippen molar-refractivity contribution < 1.29 is 62.0 Å². The molecule has 0 saturated carbocycles. The van der Waals surface area contributed by atoms with Crippen LogP contribution in [0.15, 0.2) is 12.5 Å². The second kappa shape index (κ2) is 19.8. The third-order valence-corrected chi connectivity index (χ3v) is 18.0. The van der Waals surface area contributed by atoms with Crippen molar-refractivity contribution >= 4 is 69.0 Å². The molecule has 11 N–H and O–H groups in total. The Balaban J connectivity index is 0.999. The zero-order valence-electron chi connectivity index (χ0n) is 30.9. The molecule has 0 aromatic carbocycles. The molecule has 2 aromatic heterocycles. The van der Waals surface area contributed by atoms with Crippen molar-refractivity contribution in [1.82, 2.24) is 35.8 Å². The molecule has 3 fully saturated rings. The van der Waals surface area contributed by atoms with Gasteiger partial charge in [0.15, 0.2) is 0 Å². The summed E-state index contributed by atoms with van der Waals surface area (Å²) in [6.07, 6.45) is 5.08. The van der Waals surface area contributed by atoms with E-state index in [0.717, 1.165) is 37.9 Å². The fourth-order valence-electron chi connectivity index (χ4n) is 6.85. The summed E-state index contributed by atoms with van der Waals surface area (Å²) in [7, 11) is -14.5. The molecule has 3 aliphatic heterocycles. The van der Waals surface area contributed by atoms with Crippen molar-refractivity contribution in [2.45, 2.75) is 93.6 Å². The number of nitrogens with one attached hydrogen (secondary N) is 4. The molecule has 2 aromatic rings. The first-order valence-corrected chi connectivity index (χ1v) is 25.0. The number of ether oxygens (including phenoxy) is 1. The third-order valence-electron chi connectivity index (χ3n) is 9.48. The van der Waals surface area contributed by atoms with Gasteiger partial charge in [-0.05, 0) is 25.7 Å². The summed E-state index contributed by atoms with van der Waals surface area (Å²) in [6.45, 7) is -0.102. The van der Waals surface area contributed by atoms with Crippen molar-refractivity contribution in [2.24, 2.45) is 0 Å². The number of nitrogens with zero attached hydrogens (tertiary/aromatic N) is 3. The molecule has 5 heterocycles. The second-order valence-corrected chi connectivity index (χ2v) is 22.3. The van der Waals surface area contributed by atoms with Crippen LogP contribution in [0.25, 0.3) is 11.0 Å². The zero-order chi connectivity index (χ0) is 41.4. The number of anilines is 1. The maximum absolute atomic E-state index is 12.4. The van der Waals surface area contributed by atoms with E-state index in [-0.39, 0.29) is 55.1 Å². The third kappa shape index (κ3) is 13.5. The highest BCUT2D eigenvalue weighted by Crippen LogP contribution is 2.63. The number of aliphatic hydroxyl groups is 1. The standard InChI is InChI=1S/C32H49N8O13P3S/c33-30-28-20(7-6-12-35-25(42)9-2-1-5-11-34-26(43)10-4-3-8-24-29-21(16-57-24)38-32(44)39-29)14-40(31(28)37-17-36-30)27-13-22(41)23(53-27)15-52-56(50,51)19-54(45,46)18-55(47,48)49/h14,17,21-24,27,29,41H,1-5,8-13,15-16,18-19H2,(H,34,43)(H,35,42)(H,45,46)(H,50,51)(H2,33,36,37)(H2,38,39,44)(H2,47,48,49)/t21-,22-,23+,24-,27+,29-/m0/s1. The lowest BCUT2D eigenvalue weighted by atomic mass is 10.0. The zero-order valence-corrected chi connectivity index (χ0v) is 34.4. The summed E-state index contributed by atoms with van der Waals surface area (Å²) in [5.41, 5.74) is 6.85. The highest BCUT2D eigenvalue weighted by atomic mass is 32.2. The van der Waals surface area contributed by atoms with Gasteiger partial charge in [-0.1, -0.05) is 24.7 Å². The Hall–Kier alpha value is -3.05. The maximum atomic E-state index is 12.4. The number of thioether (sulfide) groups is 1. The number of fused-ring (bicyclic) bond motifs is 2. The van der Waals surface area contributed by atoms with E-state index in [0.29, 0.717) is 41.2 Å². The van der Waals surface area contributed by atoms with Gasteiger partial charge in [-0.3, -0.25) is 23.3 Å². The number of urea groups is 1. The first kappa shape index (κ1) is 45.0. The summed E-state index contributed by atoms with van der Waals surface area (Å²) in [6, 6.07) is 0.273. The Morgan fingerprint density at radius 3 is 2.53 bits per heavy atom. The van der Waals surface area contributed by atoms with E-state index in [1.807, 2.05) is 11.8 Å². The lowest BCUT2D eigenvalue weighted by molar-refractivity contribution is -0.122. The van der Waals surface area contributed by atoms with Gasteiger partial charge in [-0.25, -0.2) is 14.8 Å². The van der Waals surface area contributed by atoms with Crippen LogP contribution in [0.1, 0.15) is 69.6 Å². The van der Waals surface area contributed by atoms with Crippen molar-refractivity contribution in [2.75, 3.05) is 43.0 Å². The van der Waals surface area contributed by atoms with Gasteiger partial charge in [0.2, 0.25) is 19.2 Å². The van der Waals surface area contributed by atoms with E-state index in [1.165, 1.54) is 6.33 Å². The van der Waals surface area contributed by atoms with E-state index < -0.39 is 59.4 Å². The number of aliphatic hydroxyl groups excluding tert-OH is 1. The van der Waals surface area contributed by atoms with E-state index in [1.54, 1.807) is 10.8 Å². The first-order valence-electron chi connectivity index (χ1n) is 18.4. The Labute approximate surface area is 332 Å². The molecule has 5 rings (SSSR count). The highest BCUT2D eigenvalue weighted by molar-refractivity contribution is 8.00. The van der Waals surface area contributed by atoms with Crippen LogP contribution in [-0.4, -0.2) is 124 Å². The minimum Gasteiger partial charge on any atom is -0.390 e. The Kier molecular flexibility index (Phi) is 15.6. The molecule has 3 saturated heterocycles. The van der Waals surface area contributed by atoms with Crippen LogP contribution < -0.4 is 27.0 Å². The van der Waals surface area contributed by atoms with Crippen molar-refractivity contribution in [1.29, 1.82) is 0 Å². The first-order chi connectivity index (χ1) is 26.9. The maximum Gasteiger partial charge on any atom is 0.337 e. The number of aromatic nitrogens is 3. The normalized spacial score (nSPS) is 25.1. The Bertz CT molecular complexity index is 1990. The number of hydrogen-bond acceptors (Lipinski definition) is 13. The predicted octanol–water partition coefficient (Wildman–Crippen LogP) is 1.10. The lowest BCUT2D eigenvalue weighted by Crippen LogP contribution is -2.36. The van der Waals surface area contributed by atoms with Crippen molar-refractivity contribution in [3.8, 4) is 11.8 Å². The van der Waals surface area contributed by atoms with Gasteiger partial charge in [0.1, 0.15) is 41.9 Å². The molecule has 4 amide bonds. The summed E-state index contributed by atoms with van der Waals surface area (Å²) in [4.78, 5) is 82.2. The number of rotatable bonds is 20. The summed E-state index contributed by atoms with van der Waals surface area (Å²) >= 11 is 1.86. The van der Waals surface area contributed by atoms with Crippen molar-refractivity contribution in [3.05, 3.63) is 18.1 Å². The molecule has 0 spiro atoms. The average Bonchev–Trinajstić information content (AvgIpc) is 3.87. The predicted molar refractivity (Wildman–Crippen MR) is 209 cm³/mol. The molecule has 25 heteroatoms. The van der Waals surface area contributed by atoms with Crippen molar-refractivity contribution in [3.63, 3.8) is 0 Å². The molecule has 2 unspecified atom stereocenters. The number of hydrogen-bond donors (Lipinski definition) is 10. The molecule has 0 radical (unpaired) electrons. The Morgan fingerprint density at radius 1 is 1.04 bits per heavy atom. The van der Waals surface area contributed by atoms with Crippen LogP contribution in [0.4, 0.5) is 10.6 Å². The fraction of sp³-hybridized carbons (Fsp3) is 0.656. The van der Waals surface area contributed by atoms with Gasteiger partial charge in [0.05, 0.1) is 42.3 Å². The van der Waals surface area contributed by atoms with Gasteiger partial charge >= 0.3 is 21.2 Å². The van der Waals surface area contributed by atoms with E-state index in [2.05, 4.69) is 43.1 Å². The summed E-state index contributed by atoms with van der Waals surface area (Å²) in [5, 5.41) is 23.0. The minimum atomic E-state index is -4.95. The number of amides is 4. The molecule has 0 aliphatic carbocycles. The number of carbonyl (C=O) groups is 3. The van der Waals surface area contributed by atoms with Crippen LogP contribution in [0.3, 0.4) is 0 Å². The molecule has 0 bridgehead atoms. The molecule has 57 heavy (non-hydrogen) atoms. The number of unbranched alkanes of at least 4 members (excludes halogenated alkanes) is 3. The monoisotopic (exact) mass is 878 g/mol. The fourth-order valence-corrected chi connectivity index (χ4v) is 14.8. The van der Waals surface area contributed by atoms with Gasteiger partial charge in [0.25, 0.3) is 0 Å². The molecular weight excluding hydrogens is 829 g/mol. The number of carbonyl (C=O) groups excluding carboxylic acids is 3. The van der Waals surface area contributed by atoms with E-state index in [9.17, 15) is 43.0 Å². The summed E-state index contributed by atoms with van der Waals surface area (Å²) in [5.74, 6) is 3.79. The van der Waals surface area contributed by atoms with Crippen LogP contribution in [0.2, 0.25) is 0 Å². The van der Waals surface area contributed by atoms with Crippen LogP contribution in [0.5, 0.6) is 0 Å². The molecule has 316 valence electrons. The van der Waals surface area contributed by atoms with Gasteiger partial charge in [0, 0.05) is 43.0 Å². The van der Waals surface area contributed by atoms with E-state index in [4.69, 9.17) is 24.8 Å². The minimum absolute atomic E-state index is 0.00832. The van der Waals surface area contributed by atoms with Crippen LogP contribution in [-0.2, 0) is 32.5 Å². The van der Waals surface area contributed by atoms with Gasteiger partial charge in [-0.15, -0.1) is 0 Å². The number of nitrogens with two attached hydrogens (primary N) is 1. The molecule has 8 atom stereocenters. The lowest BCUT2D eigenvalue weighted by Gasteiger charge is -2.20.